The summed E-state index contributed by atoms with van der Waals surface area (Å²) >= 11 is 2.31. The van der Waals surface area contributed by atoms with E-state index >= 15 is 0 Å². The number of rotatable bonds is 2. The average molecular weight is 309 g/mol. The van der Waals surface area contributed by atoms with Crippen LogP contribution in [0.2, 0.25) is 0 Å². The Morgan fingerprint density at radius 1 is 1.33 bits per heavy atom. The standard InChI is InChI=1S/C13H12IN/c1-3-7-10-11-8-5-6-9-13(11)15(14)12(10)4-2/h3-9H,2H2,1H3/b7-3-. The van der Waals surface area contributed by atoms with Crippen molar-refractivity contribution in [2.45, 2.75) is 6.92 Å². The molecular formula is C13H12IN. The van der Waals surface area contributed by atoms with E-state index in [0.29, 0.717) is 0 Å². The van der Waals surface area contributed by atoms with E-state index in [9.17, 15) is 0 Å². The average Bonchev–Trinajstić information content (AvgIpc) is 2.54. The number of nitrogens with zero attached hydrogens (tertiary/aromatic N) is 1. The normalized spacial score (nSPS) is 11.3. The third kappa shape index (κ3) is 1.63. The summed E-state index contributed by atoms with van der Waals surface area (Å²) < 4.78 is 2.15. The van der Waals surface area contributed by atoms with Gasteiger partial charge in [0.25, 0.3) is 0 Å². The van der Waals surface area contributed by atoms with Crippen LogP contribution in [0.1, 0.15) is 18.2 Å². The Balaban J connectivity index is 2.90. The van der Waals surface area contributed by atoms with E-state index in [2.05, 4.69) is 68.6 Å². The Labute approximate surface area is 104 Å². The van der Waals surface area contributed by atoms with Crippen LogP contribution in [0.4, 0.5) is 0 Å². The highest BCUT2D eigenvalue weighted by molar-refractivity contribution is 14.1. The summed E-state index contributed by atoms with van der Waals surface area (Å²) in [5, 5.41) is 1.28. The molecule has 0 atom stereocenters. The first-order valence-corrected chi connectivity index (χ1v) is 5.80. The lowest BCUT2D eigenvalue weighted by molar-refractivity contribution is 1.38. The maximum absolute atomic E-state index is 3.87. The number of benzene rings is 1. The summed E-state index contributed by atoms with van der Waals surface area (Å²) in [5.74, 6) is 0. The first-order chi connectivity index (χ1) is 7.29. The second kappa shape index (κ2) is 4.23. The van der Waals surface area contributed by atoms with Gasteiger partial charge in [0.2, 0.25) is 0 Å². The number of hydrogen-bond donors (Lipinski definition) is 0. The fourth-order valence-electron chi connectivity index (χ4n) is 1.78. The summed E-state index contributed by atoms with van der Waals surface area (Å²) in [6, 6.07) is 8.40. The number of allylic oxidation sites excluding steroid dienone is 1. The van der Waals surface area contributed by atoms with Gasteiger partial charge in [0.15, 0.2) is 0 Å². The van der Waals surface area contributed by atoms with Gasteiger partial charge in [-0.3, -0.25) is 2.78 Å². The molecule has 76 valence electrons. The fraction of sp³-hybridized carbons (Fsp3) is 0.0769. The minimum absolute atomic E-state index is 1.16. The van der Waals surface area contributed by atoms with Crippen LogP contribution in [-0.2, 0) is 0 Å². The Hall–Kier alpha value is -1.03. The Bertz CT molecular complexity index is 535. The zero-order chi connectivity index (χ0) is 10.8. The predicted octanol–water partition coefficient (Wildman–Crippen LogP) is 4.52. The van der Waals surface area contributed by atoms with Crippen molar-refractivity contribution in [2.24, 2.45) is 0 Å². The van der Waals surface area contributed by atoms with Gasteiger partial charge >= 0.3 is 0 Å². The lowest BCUT2D eigenvalue weighted by Crippen LogP contribution is -1.81. The molecule has 0 aliphatic carbocycles. The first-order valence-electron chi connectivity index (χ1n) is 4.84. The maximum Gasteiger partial charge on any atom is 0.0646 e. The van der Waals surface area contributed by atoms with E-state index in [-0.39, 0.29) is 0 Å². The third-order valence-electron chi connectivity index (χ3n) is 2.42. The summed E-state index contributed by atoms with van der Waals surface area (Å²) in [6.45, 7) is 5.90. The van der Waals surface area contributed by atoms with E-state index in [1.165, 1.54) is 16.5 Å². The molecule has 1 aromatic heterocycles. The van der Waals surface area contributed by atoms with Gasteiger partial charge in [-0.2, -0.15) is 0 Å². The number of hydrogen-bond acceptors (Lipinski definition) is 0. The molecule has 0 unspecified atom stereocenters. The lowest BCUT2D eigenvalue weighted by Gasteiger charge is -1.95. The number of fused-ring (bicyclic) bond motifs is 1. The molecule has 0 spiro atoms. The molecular weight excluding hydrogens is 297 g/mol. The molecule has 0 bridgehead atoms. The van der Waals surface area contributed by atoms with E-state index in [0.717, 1.165) is 5.69 Å². The first kappa shape index (κ1) is 10.5. The van der Waals surface area contributed by atoms with Crippen LogP contribution in [0, 0.1) is 0 Å². The monoisotopic (exact) mass is 309 g/mol. The molecule has 1 nitrogen and oxygen atoms in total. The molecule has 0 aliphatic heterocycles. The highest BCUT2D eigenvalue weighted by Gasteiger charge is 2.10. The van der Waals surface area contributed by atoms with Crippen molar-refractivity contribution in [2.75, 3.05) is 0 Å². The van der Waals surface area contributed by atoms with Crippen molar-refractivity contribution >= 4 is 45.9 Å². The third-order valence-corrected chi connectivity index (χ3v) is 3.46. The predicted molar refractivity (Wildman–Crippen MR) is 76.2 cm³/mol. The Morgan fingerprint density at radius 3 is 2.73 bits per heavy atom. The van der Waals surface area contributed by atoms with Crippen LogP contribution >= 0.6 is 22.9 Å². The highest BCUT2D eigenvalue weighted by atomic mass is 127. The molecule has 0 saturated carbocycles. The van der Waals surface area contributed by atoms with Gasteiger partial charge in [0, 0.05) is 10.9 Å². The quantitative estimate of drug-likeness (QED) is 0.719. The number of aromatic nitrogens is 1. The molecule has 1 heterocycles. The summed E-state index contributed by atoms with van der Waals surface area (Å²) in [5.41, 5.74) is 3.65. The molecule has 0 saturated heterocycles. The summed E-state index contributed by atoms with van der Waals surface area (Å²) in [6.07, 6.45) is 6.10. The smallest absolute Gasteiger partial charge is 0.0646 e. The van der Waals surface area contributed by atoms with Crippen molar-refractivity contribution in [1.82, 2.24) is 2.78 Å². The molecule has 0 fully saturated rings. The van der Waals surface area contributed by atoms with Crippen molar-refractivity contribution in [3.8, 4) is 0 Å². The van der Waals surface area contributed by atoms with Gasteiger partial charge in [0.1, 0.15) is 0 Å². The molecule has 2 heteroatoms. The molecule has 0 aliphatic rings. The zero-order valence-electron chi connectivity index (χ0n) is 8.57. The van der Waals surface area contributed by atoms with Crippen LogP contribution in [0.25, 0.3) is 23.1 Å². The van der Waals surface area contributed by atoms with Crippen LogP contribution in [-0.4, -0.2) is 2.78 Å². The second-order valence-corrected chi connectivity index (χ2v) is 4.27. The van der Waals surface area contributed by atoms with Crippen molar-refractivity contribution in [1.29, 1.82) is 0 Å². The van der Waals surface area contributed by atoms with E-state index < -0.39 is 0 Å². The Kier molecular flexibility index (Phi) is 2.95. The van der Waals surface area contributed by atoms with Crippen LogP contribution in [0.15, 0.2) is 36.9 Å². The lowest BCUT2D eigenvalue weighted by atomic mass is 10.1. The molecule has 15 heavy (non-hydrogen) atoms. The molecule has 1 aromatic carbocycles. The summed E-state index contributed by atoms with van der Waals surface area (Å²) in [7, 11) is 0. The Morgan fingerprint density at radius 2 is 2.07 bits per heavy atom. The van der Waals surface area contributed by atoms with Gasteiger partial charge in [-0.15, -0.1) is 0 Å². The molecule has 2 rings (SSSR count). The molecule has 2 aromatic rings. The van der Waals surface area contributed by atoms with E-state index in [1.54, 1.807) is 0 Å². The van der Waals surface area contributed by atoms with E-state index in [1.807, 2.05) is 13.0 Å². The number of halogens is 1. The van der Waals surface area contributed by atoms with Crippen molar-refractivity contribution in [3.63, 3.8) is 0 Å². The number of para-hydroxylation sites is 1. The van der Waals surface area contributed by atoms with Crippen LogP contribution < -0.4 is 0 Å². The van der Waals surface area contributed by atoms with Crippen molar-refractivity contribution in [3.05, 3.63) is 48.2 Å². The van der Waals surface area contributed by atoms with Crippen molar-refractivity contribution < 1.29 is 0 Å². The minimum Gasteiger partial charge on any atom is -0.282 e. The largest absolute Gasteiger partial charge is 0.282 e. The maximum atomic E-state index is 3.87. The zero-order valence-corrected chi connectivity index (χ0v) is 10.7. The van der Waals surface area contributed by atoms with Gasteiger partial charge in [0.05, 0.1) is 34.1 Å². The topological polar surface area (TPSA) is 4.93 Å². The minimum atomic E-state index is 1.16. The summed E-state index contributed by atoms with van der Waals surface area (Å²) in [4.78, 5) is 0. The van der Waals surface area contributed by atoms with Crippen LogP contribution in [0.3, 0.4) is 0 Å². The highest BCUT2D eigenvalue weighted by Crippen LogP contribution is 2.29. The van der Waals surface area contributed by atoms with Gasteiger partial charge in [-0.1, -0.05) is 36.9 Å². The van der Waals surface area contributed by atoms with Gasteiger partial charge in [-0.25, -0.2) is 0 Å². The molecule has 0 N–H and O–H groups in total. The van der Waals surface area contributed by atoms with Gasteiger partial charge in [-0.05, 0) is 19.1 Å². The molecule has 0 amide bonds. The SMILES string of the molecule is C=Cc1c(/C=C\C)c2ccccc2n1I. The van der Waals surface area contributed by atoms with Gasteiger partial charge < -0.3 is 0 Å². The van der Waals surface area contributed by atoms with Crippen LogP contribution in [0.5, 0.6) is 0 Å². The fourth-order valence-corrected chi connectivity index (χ4v) is 2.66. The molecule has 0 radical (unpaired) electrons. The second-order valence-electron chi connectivity index (χ2n) is 3.30. The van der Waals surface area contributed by atoms with E-state index in [4.69, 9.17) is 0 Å².